The second-order valence-electron chi connectivity index (χ2n) is 10.3. The number of rotatable bonds is 8. The lowest BCUT2D eigenvalue weighted by atomic mass is 10.0. The van der Waals surface area contributed by atoms with Crippen LogP contribution in [0.2, 0.25) is 0 Å². The fourth-order valence-corrected chi connectivity index (χ4v) is 5.05. The Balaban J connectivity index is 1.13. The van der Waals surface area contributed by atoms with E-state index in [9.17, 15) is 14.4 Å². The van der Waals surface area contributed by atoms with Crippen LogP contribution in [-0.4, -0.2) is 52.6 Å². The minimum atomic E-state index is -0.292. The van der Waals surface area contributed by atoms with Crippen LogP contribution in [0.3, 0.4) is 0 Å². The van der Waals surface area contributed by atoms with E-state index in [4.69, 9.17) is 10.5 Å². The third-order valence-corrected chi connectivity index (χ3v) is 7.22. The van der Waals surface area contributed by atoms with Gasteiger partial charge in [-0.25, -0.2) is 0 Å². The van der Waals surface area contributed by atoms with Crippen LogP contribution in [0.25, 0.3) is 0 Å². The summed E-state index contributed by atoms with van der Waals surface area (Å²) < 4.78 is 7.63. The molecule has 10 heteroatoms. The van der Waals surface area contributed by atoms with Crippen molar-refractivity contribution in [3.8, 4) is 5.75 Å². The van der Waals surface area contributed by atoms with Crippen molar-refractivity contribution in [3.05, 3.63) is 65.5 Å². The van der Waals surface area contributed by atoms with Gasteiger partial charge in [0, 0.05) is 49.9 Å². The number of carbonyl (C=O) groups is 3. The first-order chi connectivity index (χ1) is 19.3. The molecule has 1 saturated heterocycles. The van der Waals surface area contributed by atoms with E-state index in [-0.39, 0.29) is 30.2 Å². The van der Waals surface area contributed by atoms with E-state index in [1.165, 1.54) is 0 Å². The SMILES string of the molecule is Cc1cc2c(cc1OCCCC(=O)Nc1cc(C(=O)Nc3ccc(N)cc3)n(C)c1)N=C[C@@H]1CCCCN1C2=O. The maximum absolute atomic E-state index is 13.1. The van der Waals surface area contributed by atoms with E-state index >= 15 is 0 Å². The first kappa shape index (κ1) is 27.0. The third-order valence-electron chi connectivity index (χ3n) is 7.22. The molecule has 40 heavy (non-hydrogen) atoms. The van der Waals surface area contributed by atoms with Crippen LogP contribution in [0.15, 0.2) is 53.7 Å². The van der Waals surface area contributed by atoms with Gasteiger partial charge in [0.25, 0.3) is 11.8 Å². The van der Waals surface area contributed by atoms with Crippen molar-refractivity contribution in [1.29, 1.82) is 0 Å². The molecule has 2 aliphatic heterocycles. The van der Waals surface area contributed by atoms with Crippen LogP contribution in [0.5, 0.6) is 5.75 Å². The summed E-state index contributed by atoms with van der Waals surface area (Å²) in [4.78, 5) is 44.8. The molecule has 2 aromatic carbocycles. The van der Waals surface area contributed by atoms with E-state index in [1.807, 2.05) is 30.2 Å². The van der Waals surface area contributed by atoms with Gasteiger partial charge in [0.05, 0.1) is 29.6 Å². The standard InChI is InChI=1S/C30H34N6O4/c1-19-14-24-25(32-17-23-6-3-4-12-36(23)30(24)39)16-27(19)40-13-5-7-28(37)33-22-15-26(35(2)18-22)29(38)34-21-10-8-20(31)9-11-21/h8-11,14-18,23H,3-7,12-13,31H2,1-2H3,(H,33,37)(H,34,38)/t23-/m0/s1. The van der Waals surface area contributed by atoms with Crippen molar-refractivity contribution < 1.29 is 19.1 Å². The molecule has 10 nitrogen and oxygen atoms in total. The van der Waals surface area contributed by atoms with E-state index < -0.39 is 0 Å². The molecule has 0 unspecified atom stereocenters. The number of benzene rings is 2. The number of hydrogen-bond donors (Lipinski definition) is 3. The van der Waals surface area contributed by atoms with Gasteiger partial charge >= 0.3 is 0 Å². The van der Waals surface area contributed by atoms with Gasteiger partial charge in [-0.15, -0.1) is 0 Å². The first-order valence-electron chi connectivity index (χ1n) is 13.5. The number of amides is 3. The molecule has 0 radical (unpaired) electrons. The minimum Gasteiger partial charge on any atom is -0.493 e. The Morgan fingerprint density at radius 1 is 1.10 bits per heavy atom. The zero-order valence-electron chi connectivity index (χ0n) is 22.8. The minimum absolute atomic E-state index is 0.0234. The summed E-state index contributed by atoms with van der Waals surface area (Å²) in [5.41, 5.74) is 9.97. The molecule has 3 aromatic rings. The Hall–Kier alpha value is -4.60. The Morgan fingerprint density at radius 2 is 1.90 bits per heavy atom. The maximum atomic E-state index is 13.1. The molecule has 1 aromatic heterocycles. The number of piperidine rings is 1. The van der Waals surface area contributed by atoms with Crippen LogP contribution < -0.4 is 21.1 Å². The predicted octanol–water partition coefficient (Wildman–Crippen LogP) is 4.68. The summed E-state index contributed by atoms with van der Waals surface area (Å²) in [5.74, 6) is 0.212. The van der Waals surface area contributed by atoms with Crippen molar-refractivity contribution in [3.63, 3.8) is 0 Å². The number of aryl methyl sites for hydroxylation is 2. The van der Waals surface area contributed by atoms with E-state index in [0.29, 0.717) is 52.8 Å². The Morgan fingerprint density at radius 3 is 2.70 bits per heavy atom. The fourth-order valence-electron chi connectivity index (χ4n) is 5.05. The van der Waals surface area contributed by atoms with Crippen molar-refractivity contribution in [2.45, 2.75) is 45.1 Å². The van der Waals surface area contributed by atoms with Gasteiger partial charge in [-0.05, 0) is 74.6 Å². The lowest BCUT2D eigenvalue weighted by Gasteiger charge is -2.32. The highest BCUT2D eigenvalue weighted by Gasteiger charge is 2.30. The summed E-state index contributed by atoms with van der Waals surface area (Å²) in [6.45, 7) is 3.01. The molecule has 208 valence electrons. The van der Waals surface area contributed by atoms with Crippen LogP contribution in [0.4, 0.5) is 22.7 Å². The second-order valence-corrected chi connectivity index (χ2v) is 10.3. The van der Waals surface area contributed by atoms with Gasteiger partial charge in [-0.3, -0.25) is 19.4 Å². The fraction of sp³-hybridized carbons (Fsp3) is 0.333. The second kappa shape index (κ2) is 11.6. The lowest BCUT2D eigenvalue weighted by Crippen LogP contribution is -2.43. The number of fused-ring (bicyclic) bond motifs is 2. The number of nitrogens with two attached hydrogens (primary N) is 1. The van der Waals surface area contributed by atoms with Crippen LogP contribution in [0.1, 0.15) is 58.5 Å². The van der Waals surface area contributed by atoms with Crippen molar-refractivity contribution in [1.82, 2.24) is 9.47 Å². The Kier molecular flexibility index (Phi) is 7.86. The van der Waals surface area contributed by atoms with E-state index in [2.05, 4.69) is 15.6 Å². The topological polar surface area (TPSA) is 131 Å². The number of anilines is 3. The number of nitrogen functional groups attached to an aromatic ring is 1. The highest BCUT2D eigenvalue weighted by atomic mass is 16.5. The summed E-state index contributed by atoms with van der Waals surface area (Å²) >= 11 is 0. The smallest absolute Gasteiger partial charge is 0.272 e. The van der Waals surface area contributed by atoms with Gasteiger partial charge < -0.3 is 30.6 Å². The molecule has 3 amide bonds. The highest BCUT2D eigenvalue weighted by molar-refractivity contribution is 6.05. The number of nitrogens with one attached hydrogen (secondary N) is 2. The Bertz CT molecular complexity index is 1460. The summed E-state index contributed by atoms with van der Waals surface area (Å²) in [5, 5.41) is 5.66. The van der Waals surface area contributed by atoms with E-state index in [0.717, 1.165) is 31.4 Å². The summed E-state index contributed by atoms with van der Waals surface area (Å²) in [6, 6.07) is 12.2. The zero-order valence-corrected chi connectivity index (χ0v) is 22.8. The van der Waals surface area contributed by atoms with Crippen LogP contribution in [-0.2, 0) is 11.8 Å². The molecule has 1 atom stereocenters. The monoisotopic (exact) mass is 542 g/mol. The van der Waals surface area contributed by atoms with Crippen molar-refractivity contribution >= 4 is 46.7 Å². The summed E-state index contributed by atoms with van der Waals surface area (Å²) in [7, 11) is 1.74. The molecule has 4 N–H and O–H groups in total. The average Bonchev–Trinajstić information content (AvgIpc) is 3.25. The first-order valence-corrected chi connectivity index (χ1v) is 13.5. The Labute approximate surface area is 233 Å². The molecule has 0 bridgehead atoms. The molecule has 0 spiro atoms. The lowest BCUT2D eigenvalue weighted by molar-refractivity contribution is -0.116. The van der Waals surface area contributed by atoms with Crippen molar-refractivity contribution in [2.24, 2.45) is 12.0 Å². The average molecular weight is 543 g/mol. The van der Waals surface area contributed by atoms with E-state index in [1.54, 1.807) is 48.1 Å². The molecular formula is C30H34N6O4. The number of hydrogen-bond acceptors (Lipinski definition) is 6. The van der Waals surface area contributed by atoms with Crippen molar-refractivity contribution in [2.75, 3.05) is 29.5 Å². The molecule has 0 aliphatic carbocycles. The van der Waals surface area contributed by atoms with Crippen LogP contribution in [0, 0.1) is 6.92 Å². The largest absolute Gasteiger partial charge is 0.493 e. The molecule has 3 heterocycles. The third kappa shape index (κ3) is 6.01. The maximum Gasteiger partial charge on any atom is 0.272 e. The number of aromatic nitrogens is 1. The van der Waals surface area contributed by atoms with Crippen LogP contribution >= 0.6 is 0 Å². The molecule has 1 fully saturated rings. The molecule has 5 rings (SSSR count). The quantitative estimate of drug-likeness (QED) is 0.281. The van der Waals surface area contributed by atoms with Gasteiger partial charge in [0.1, 0.15) is 11.4 Å². The normalized spacial score (nSPS) is 16.1. The molecular weight excluding hydrogens is 508 g/mol. The number of carbonyl (C=O) groups excluding carboxylic acids is 3. The number of aliphatic imine (C=N–C) groups is 1. The van der Waals surface area contributed by atoms with Gasteiger partial charge in [0.2, 0.25) is 5.91 Å². The highest BCUT2D eigenvalue weighted by Crippen LogP contribution is 2.33. The number of ether oxygens (including phenoxy) is 1. The van der Waals surface area contributed by atoms with Gasteiger partial charge in [-0.1, -0.05) is 0 Å². The zero-order chi connectivity index (χ0) is 28.2. The molecule has 2 aliphatic rings. The number of nitrogens with zero attached hydrogens (tertiary/aromatic N) is 3. The molecule has 0 saturated carbocycles. The predicted molar refractivity (Wildman–Crippen MR) is 156 cm³/mol. The van der Waals surface area contributed by atoms with Gasteiger partial charge in [-0.2, -0.15) is 0 Å². The van der Waals surface area contributed by atoms with Gasteiger partial charge in [0.15, 0.2) is 0 Å². The summed E-state index contributed by atoms with van der Waals surface area (Å²) in [6.07, 6.45) is 7.38.